The molecule has 3 N–H and O–H groups in total. The third-order valence-electron chi connectivity index (χ3n) is 15.5. The van der Waals surface area contributed by atoms with E-state index in [1.54, 1.807) is 6.08 Å². The SMILES string of the molecule is CCCCCCCC/C=C\CCCCCCCCCC(=O)OCCCCCCCCCCCCCCCCCCCCC(=O)NC(CO)C(O)/C=C/CCCCCCCCCCCCCCCCCCCCC. The third kappa shape index (κ3) is 59.4. The molecule has 6 nitrogen and oxygen atoms in total. The van der Waals surface area contributed by atoms with Crippen molar-refractivity contribution in [2.45, 2.75) is 379 Å². The molecule has 6 heteroatoms. The number of unbranched alkanes of at least 4 members (excludes halogenated alkanes) is 49. The number of carbonyl (C=O) groups excluding carboxylic acids is 2. The predicted molar refractivity (Wildman–Crippen MR) is 320 cm³/mol. The number of nitrogens with one attached hydrogen (secondary N) is 1. The molecule has 0 fully saturated rings. The molecule has 1 amide bonds. The zero-order valence-corrected chi connectivity index (χ0v) is 49.4. The largest absolute Gasteiger partial charge is 0.466 e. The van der Waals surface area contributed by atoms with E-state index >= 15 is 0 Å². The Labute approximate surface area is 456 Å². The molecule has 2 atom stereocenters. The second-order valence-electron chi connectivity index (χ2n) is 22.8. The maximum atomic E-state index is 12.5. The van der Waals surface area contributed by atoms with Gasteiger partial charge in [-0.1, -0.05) is 321 Å². The van der Waals surface area contributed by atoms with Gasteiger partial charge < -0.3 is 20.3 Å². The summed E-state index contributed by atoms with van der Waals surface area (Å²) in [7, 11) is 0. The third-order valence-corrected chi connectivity index (χ3v) is 15.5. The second kappa shape index (κ2) is 62.9. The first-order valence-corrected chi connectivity index (χ1v) is 33.1. The van der Waals surface area contributed by atoms with Gasteiger partial charge in [0.15, 0.2) is 0 Å². The second-order valence-corrected chi connectivity index (χ2v) is 22.8. The van der Waals surface area contributed by atoms with E-state index in [4.69, 9.17) is 4.74 Å². The highest BCUT2D eigenvalue weighted by Crippen LogP contribution is 2.18. The number of hydrogen-bond donors (Lipinski definition) is 3. The van der Waals surface area contributed by atoms with Crippen molar-refractivity contribution in [3.05, 3.63) is 24.3 Å². The number of esters is 1. The van der Waals surface area contributed by atoms with E-state index in [0.717, 1.165) is 44.9 Å². The molecule has 0 aliphatic heterocycles. The topological polar surface area (TPSA) is 95.9 Å². The van der Waals surface area contributed by atoms with E-state index in [9.17, 15) is 19.8 Å². The molecule has 0 aromatic carbocycles. The van der Waals surface area contributed by atoms with Gasteiger partial charge in [-0.2, -0.15) is 0 Å². The van der Waals surface area contributed by atoms with Crippen molar-refractivity contribution in [2.75, 3.05) is 13.2 Å². The fraction of sp³-hybridized carbons (Fsp3) is 0.910. The van der Waals surface area contributed by atoms with Crippen LogP contribution in [0.3, 0.4) is 0 Å². The fourth-order valence-corrected chi connectivity index (χ4v) is 10.4. The van der Waals surface area contributed by atoms with Crippen LogP contribution in [0.2, 0.25) is 0 Å². The van der Waals surface area contributed by atoms with Crippen molar-refractivity contribution in [2.24, 2.45) is 0 Å². The van der Waals surface area contributed by atoms with Crippen LogP contribution in [0.1, 0.15) is 367 Å². The lowest BCUT2D eigenvalue weighted by atomic mass is 10.0. The highest BCUT2D eigenvalue weighted by molar-refractivity contribution is 5.76. The summed E-state index contributed by atoms with van der Waals surface area (Å²) in [6.45, 7) is 4.92. The predicted octanol–water partition coefficient (Wildman–Crippen LogP) is 21.0. The molecule has 0 aliphatic carbocycles. The van der Waals surface area contributed by atoms with Crippen LogP contribution in [0.15, 0.2) is 24.3 Å². The van der Waals surface area contributed by atoms with Crippen molar-refractivity contribution in [3.8, 4) is 0 Å². The lowest BCUT2D eigenvalue weighted by Crippen LogP contribution is -2.45. The molecule has 0 rings (SSSR count). The molecule has 0 bridgehead atoms. The Morgan fingerprint density at radius 3 is 0.973 bits per heavy atom. The van der Waals surface area contributed by atoms with E-state index in [-0.39, 0.29) is 18.5 Å². The van der Waals surface area contributed by atoms with Gasteiger partial charge in [-0.05, 0) is 57.8 Å². The summed E-state index contributed by atoms with van der Waals surface area (Å²) in [5, 5.41) is 23.2. The monoisotopic (exact) mass is 1030 g/mol. The number of ether oxygens (including phenoxy) is 1. The summed E-state index contributed by atoms with van der Waals surface area (Å²) in [4.78, 5) is 24.6. The van der Waals surface area contributed by atoms with E-state index < -0.39 is 12.1 Å². The highest BCUT2D eigenvalue weighted by atomic mass is 16.5. The van der Waals surface area contributed by atoms with Gasteiger partial charge in [0.1, 0.15) is 0 Å². The maximum absolute atomic E-state index is 12.5. The Hall–Kier alpha value is -1.66. The van der Waals surface area contributed by atoms with Gasteiger partial charge >= 0.3 is 5.97 Å². The van der Waals surface area contributed by atoms with Gasteiger partial charge in [-0.3, -0.25) is 9.59 Å². The number of aliphatic hydroxyl groups excluding tert-OH is 2. The Morgan fingerprint density at radius 2 is 0.644 bits per heavy atom. The van der Waals surface area contributed by atoms with Crippen molar-refractivity contribution in [1.82, 2.24) is 5.32 Å². The van der Waals surface area contributed by atoms with Gasteiger partial charge in [-0.25, -0.2) is 0 Å². The molecular weight excluding hydrogens is 899 g/mol. The van der Waals surface area contributed by atoms with E-state index in [2.05, 4.69) is 31.3 Å². The summed E-state index contributed by atoms with van der Waals surface area (Å²) in [6, 6.07) is -0.632. The molecule has 0 radical (unpaired) electrons. The van der Waals surface area contributed by atoms with Crippen LogP contribution in [-0.2, 0) is 14.3 Å². The van der Waals surface area contributed by atoms with E-state index in [1.165, 1.54) is 295 Å². The number of rotatable bonds is 62. The van der Waals surface area contributed by atoms with Crippen LogP contribution in [0.4, 0.5) is 0 Å². The summed E-state index contributed by atoms with van der Waals surface area (Å²) in [5.74, 6) is -0.0645. The number of aliphatic hydroxyl groups is 2. The average Bonchev–Trinajstić information content (AvgIpc) is 3.39. The van der Waals surface area contributed by atoms with Gasteiger partial charge in [0.05, 0.1) is 25.4 Å². The van der Waals surface area contributed by atoms with Crippen LogP contribution in [0, 0.1) is 0 Å². The molecule has 73 heavy (non-hydrogen) atoms. The Balaban J connectivity index is 3.43. The molecule has 0 aliphatic rings. The summed E-state index contributed by atoms with van der Waals surface area (Å²) in [6.07, 6.45) is 78.0. The molecular formula is C67H129NO5. The van der Waals surface area contributed by atoms with Gasteiger partial charge in [0, 0.05) is 12.8 Å². The van der Waals surface area contributed by atoms with Crippen molar-refractivity contribution >= 4 is 11.9 Å². The minimum atomic E-state index is -0.848. The minimum absolute atomic E-state index is 0.00399. The zero-order valence-electron chi connectivity index (χ0n) is 49.4. The fourth-order valence-electron chi connectivity index (χ4n) is 10.4. The molecule has 0 saturated heterocycles. The van der Waals surface area contributed by atoms with E-state index in [0.29, 0.717) is 19.4 Å². The Morgan fingerprint density at radius 1 is 0.370 bits per heavy atom. The normalized spacial score (nSPS) is 12.7. The minimum Gasteiger partial charge on any atom is -0.466 e. The van der Waals surface area contributed by atoms with Crippen molar-refractivity contribution in [3.63, 3.8) is 0 Å². The lowest BCUT2D eigenvalue weighted by molar-refractivity contribution is -0.143. The van der Waals surface area contributed by atoms with Gasteiger partial charge in [0.2, 0.25) is 5.91 Å². The smallest absolute Gasteiger partial charge is 0.305 e. The molecule has 0 aromatic heterocycles. The summed E-state index contributed by atoms with van der Waals surface area (Å²) in [5.41, 5.74) is 0. The number of carbonyl (C=O) groups is 2. The Kier molecular flexibility index (Phi) is 61.4. The van der Waals surface area contributed by atoms with E-state index in [1.807, 2.05) is 6.08 Å². The molecule has 0 aromatic rings. The highest BCUT2D eigenvalue weighted by Gasteiger charge is 2.18. The molecule has 432 valence electrons. The van der Waals surface area contributed by atoms with Crippen LogP contribution in [0.5, 0.6) is 0 Å². The van der Waals surface area contributed by atoms with Gasteiger partial charge in [-0.15, -0.1) is 0 Å². The first-order chi connectivity index (χ1) is 36.0. The first-order valence-electron chi connectivity index (χ1n) is 33.1. The molecule has 0 heterocycles. The number of allylic oxidation sites excluding steroid dienone is 3. The van der Waals surface area contributed by atoms with Crippen LogP contribution in [-0.4, -0.2) is 47.4 Å². The standard InChI is InChI=1S/C67H129NO5/c1-3-5-7-9-11-13-15-17-19-21-22-23-24-28-31-35-39-43-47-51-55-59-65(70)64(63-69)68-66(71)60-56-52-48-44-40-36-32-29-25-26-30-34-38-42-46-50-54-58-62-73-67(72)61-57-53-49-45-41-37-33-27-20-18-16-14-12-10-8-6-4-2/h18,20,55,59,64-65,69-70H,3-17,19,21-54,56-58,60-63H2,1-2H3,(H,68,71)/b20-18-,59-55+. The molecule has 2 unspecified atom stereocenters. The Bertz CT molecular complexity index is 1140. The number of hydrogen-bond acceptors (Lipinski definition) is 5. The van der Waals surface area contributed by atoms with Crippen molar-refractivity contribution in [1.29, 1.82) is 0 Å². The first kappa shape index (κ1) is 71.3. The molecule has 0 saturated carbocycles. The number of amides is 1. The quantitative estimate of drug-likeness (QED) is 0.0320. The molecule has 0 spiro atoms. The average molecular weight is 1030 g/mol. The summed E-state index contributed by atoms with van der Waals surface area (Å²) >= 11 is 0. The van der Waals surface area contributed by atoms with Crippen LogP contribution >= 0.6 is 0 Å². The zero-order chi connectivity index (χ0) is 52.9. The maximum Gasteiger partial charge on any atom is 0.305 e. The van der Waals surface area contributed by atoms with Gasteiger partial charge in [0.25, 0.3) is 0 Å². The van der Waals surface area contributed by atoms with Crippen LogP contribution in [0.25, 0.3) is 0 Å². The van der Waals surface area contributed by atoms with Crippen LogP contribution < -0.4 is 5.32 Å². The lowest BCUT2D eigenvalue weighted by Gasteiger charge is -2.20. The van der Waals surface area contributed by atoms with Crippen molar-refractivity contribution < 1.29 is 24.5 Å². The summed E-state index contributed by atoms with van der Waals surface area (Å²) < 4.78 is 5.49.